The maximum atomic E-state index is 12.1. The van der Waals surface area contributed by atoms with E-state index in [1.807, 2.05) is 28.7 Å². The summed E-state index contributed by atoms with van der Waals surface area (Å²) in [6, 6.07) is 7.06. The first-order valence-corrected chi connectivity index (χ1v) is 7.80. The van der Waals surface area contributed by atoms with Gasteiger partial charge in [-0.05, 0) is 34.7 Å². The van der Waals surface area contributed by atoms with Gasteiger partial charge in [0.05, 0.1) is 12.0 Å². The third-order valence-electron chi connectivity index (χ3n) is 2.21. The molecule has 18 heavy (non-hydrogen) atoms. The van der Waals surface area contributed by atoms with Gasteiger partial charge < -0.3 is 4.57 Å². The molecular formula is C10H9ClIN3O2S. The first-order chi connectivity index (χ1) is 8.42. The number of aromatic nitrogens is 2. The lowest BCUT2D eigenvalue weighted by Gasteiger charge is -2.08. The second kappa shape index (κ2) is 5.06. The quantitative estimate of drug-likeness (QED) is 0.809. The molecule has 1 heterocycles. The number of aryl methyl sites for hydroxylation is 1. The first kappa shape index (κ1) is 13.6. The van der Waals surface area contributed by atoms with Gasteiger partial charge in [0, 0.05) is 10.6 Å². The van der Waals surface area contributed by atoms with Crippen molar-refractivity contribution in [3.8, 4) is 0 Å². The molecule has 0 fully saturated rings. The van der Waals surface area contributed by atoms with Gasteiger partial charge in [0.15, 0.2) is 0 Å². The van der Waals surface area contributed by atoms with Crippen LogP contribution in [0.25, 0.3) is 0 Å². The van der Waals surface area contributed by atoms with Gasteiger partial charge in [0.1, 0.15) is 5.15 Å². The normalized spacial score (nSPS) is 11.5. The minimum absolute atomic E-state index is 0.0773. The Balaban J connectivity index is 2.40. The molecule has 0 aliphatic heterocycles. The van der Waals surface area contributed by atoms with Crippen LogP contribution < -0.4 is 4.72 Å². The second-order valence-corrected chi connectivity index (χ2v) is 6.65. The van der Waals surface area contributed by atoms with E-state index in [1.54, 1.807) is 25.2 Å². The van der Waals surface area contributed by atoms with Gasteiger partial charge >= 0.3 is 0 Å². The predicted octanol–water partition coefficient (Wildman–Crippen LogP) is 2.48. The Hall–Kier alpha value is -0.800. The van der Waals surface area contributed by atoms with Gasteiger partial charge in [-0.2, -0.15) is 8.42 Å². The van der Waals surface area contributed by atoms with Crippen molar-refractivity contribution in [3.63, 3.8) is 0 Å². The number of imidazole rings is 1. The maximum absolute atomic E-state index is 12.1. The van der Waals surface area contributed by atoms with Crippen LogP contribution in [0.4, 0.5) is 5.69 Å². The number of hydrogen-bond acceptors (Lipinski definition) is 3. The largest absolute Gasteiger partial charge is 0.324 e. The van der Waals surface area contributed by atoms with Crippen LogP contribution >= 0.6 is 34.2 Å². The molecular weight excluding hydrogens is 389 g/mol. The van der Waals surface area contributed by atoms with Gasteiger partial charge in [0.2, 0.25) is 5.03 Å². The Kier molecular flexibility index (Phi) is 3.83. The number of rotatable bonds is 3. The van der Waals surface area contributed by atoms with Crippen LogP contribution in [0.2, 0.25) is 5.15 Å². The number of sulfonamides is 1. The highest BCUT2D eigenvalue weighted by atomic mass is 127. The van der Waals surface area contributed by atoms with Gasteiger partial charge in [-0.15, -0.1) is 0 Å². The lowest BCUT2D eigenvalue weighted by molar-refractivity contribution is 0.598. The molecule has 0 unspecified atom stereocenters. The predicted molar refractivity (Wildman–Crippen MR) is 78.2 cm³/mol. The Morgan fingerprint density at radius 1 is 1.39 bits per heavy atom. The van der Waals surface area contributed by atoms with E-state index < -0.39 is 10.0 Å². The van der Waals surface area contributed by atoms with Crippen molar-refractivity contribution >= 4 is 49.9 Å². The van der Waals surface area contributed by atoms with Gasteiger partial charge in [-0.1, -0.05) is 23.7 Å². The lowest BCUT2D eigenvalue weighted by Crippen LogP contribution is -2.14. The molecule has 2 rings (SSSR count). The summed E-state index contributed by atoms with van der Waals surface area (Å²) in [5.41, 5.74) is 0.500. The van der Waals surface area contributed by atoms with Gasteiger partial charge in [-0.25, -0.2) is 4.98 Å². The molecule has 0 aliphatic carbocycles. The summed E-state index contributed by atoms with van der Waals surface area (Å²) in [5.74, 6) is 0. The molecule has 0 saturated carbocycles. The van der Waals surface area contributed by atoms with E-state index >= 15 is 0 Å². The number of nitrogens with one attached hydrogen (secondary N) is 1. The van der Waals surface area contributed by atoms with E-state index in [-0.39, 0.29) is 10.2 Å². The molecule has 0 amide bonds. The van der Waals surface area contributed by atoms with Crippen molar-refractivity contribution in [2.24, 2.45) is 7.05 Å². The number of para-hydroxylation sites is 1. The Bertz CT molecular complexity index is 684. The van der Waals surface area contributed by atoms with Gasteiger partial charge in [0.25, 0.3) is 10.0 Å². The number of nitrogens with zero attached hydrogens (tertiary/aromatic N) is 2. The van der Waals surface area contributed by atoms with Crippen molar-refractivity contribution in [2.75, 3.05) is 4.72 Å². The van der Waals surface area contributed by atoms with E-state index in [0.717, 1.165) is 3.57 Å². The van der Waals surface area contributed by atoms with Crippen molar-refractivity contribution < 1.29 is 8.42 Å². The van der Waals surface area contributed by atoms with E-state index in [0.29, 0.717) is 5.69 Å². The van der Waals surface area contributed by atoms with Crippen LogP contribution in [0.1, 0.15) is 0 Å². The number of hydrogen-bond donors (Lipinski definition) is 1. The average Bonchev–Trinajstić information content (AvgIpc) is 2.63. The molecule has 1 N–H and O–H groups in total. The molecule has 96 valence electrons. The fourth-order valence-corrected chi connectivity index (χ4v) is 3.53. The third kappa shape index (κ3) is 2.62. The van der Waals surface area contributed by atoms with E-state index in [2.05, 4.69) is 9.71 Å². The molecule has 1 aromatic carbocycles. The SMILES string of the molecule is Cn1cnc(S(=O)(=O)Nc2ccccc2I)c1Cl. The van der Waals surface area contributed by atoms with Crippen LogP contribution in [0, 0.1) is 3.57 Å². The minimum Gasteiger partial charge on any atom is -0.324 e. The van der Waals surface area contributed by atoms with E-state index in [9.17, 15) is 8.42 Å². The molecule has 0 radical (unpaired) electrons. The minimum atomic E-state index is -3.76. The maximum Gasteiger partial charge on any atom is 0.282 e. The molecule has 0 saturated heterocycles. The Morgan fingerprint density at radius 3 is 2.61 bits per heavy atom. The topological polar surface area (TPSA) is 64.0 Å². The van der Waals surface area contributed by atoms with Crippen molar-refractivity contribution in [1.82, 2.24) is 9.55 Å². The summed E-state index contributed by atoms with van der Waals surface area (Å²) >= 11 is 7.93. The fourth-order valence-electron chi connectivity index (χ4n) is 1.31. The zero-order valence-corrected chi connectivity index (χ0v) is 13.0. The zero-order valence-electron chi connectivity index (χ0n) is 9.26. The first-order valence-electron chi connectivity index (χ1n) is 4.86. The average molecular weight is 398 g/mol. The van der Waals surface area contributed by atoms with E-state index in [1.165, 1.54) is 10.9 Å². The molecule has 2 aromatic rings. The van der Waals surface area contributed by atoms with Crippen molar-refractivity contribution in [2.45, 2.75) is 5.03 Å². The van der Waals surface area contributed by atoms with Gasteiger partial charge in [-0.3, -0.25) is 4.72 Å². The summed E-state index contributed by atoms with van der Waals surface area (Å²) in [6.45, 7) is 0. The van der Waals surface area contributed by atoms with E-state index in [4.69, 9.17) is 11.6 Å². The standard InChI is InChI=1S/C10H9ClIN3O2S/c1-15-6-13-10(9(15)11)18(16,17)14-8-5-3-2-4-7(8)12/h2-6,14H,1H3. The molecule has 0 spiro atoms. The highest BCUT2D eigenvalue weighted by Gasteiger charge is 2.22. The highest BCUT2D eigenvalue weighted by molar-refractivity contribution is 14.1. The molecule has 0 atom stereocenters. The Morgan fingerprint density at radius 2 is 2.06 bits per heavy atom. The molecule has 1 aromatic heterocycles. The van der Waals surface area contributed by atoms with Crippen LogP contribution in [-0.4, -0.2) is 18.0 Å². The summed E-state index contributed by atoms with van der Waals surface area (Å²) in [4.78, 5) is 3.79. The molecule has 0 aliphatic rings. The van der Waals surface area contributed by atoms with Crippen LogP contribution in [-0.2, 0) is 17.1 Å². The van der Waals surface area contributed by atoms with Crippen LogP contribution in [0.5, 0.6) is 0 Å². The smallest absolute Gasteiger partial charge is 0.282 e. The number of halogens is 2. The highest BCUT2D eigenvalue weighted by Crippen LogP contribution is 2.24. The van der Waals surface area contributed by atoms with Crippen molar-refractivity contribution in [3.05, 3.63) is 39.3 Å². The summed E-state index contributed by atoms with van der Waals surface area (Å²) in [6.07, 6.45) is 1.35. The van der Waals surface area contributed by atoms with Crippen LogP contribution in [0.15, 0.2) is 35.6 Å². The molecule has 8 heteroatoms. The monoisotopic (exact) mass is 397 g/mol. The summed E-state index contributed by atoms with van der Waals surface area (Å²) < 4.78 is 28.9. The summed E-state index contributed by atoms with van der Waals surface area (Å²) in [5, 5.41) is -0.0974. The molecule has 0 bridgehead atoms. The summed E-state index contributed by atoms with van der Waals surface area (Å²) in [7, 11) is -2.14. The van der Waals surface area contributed by atoms with Crippen molar-refractivity contribution in [1.29, 1.82) is 0 Å². The zero-order chi connectivity index (χ0) is 13.3. The lowest BCUT2D eigenvalue weighted by atomic mass is 10.3. The Labute approximate surface area is 123 Å². The second-order valence-electron chi connectivity index (χ2n) is 3.54. The number of anilines is 1. The van der Waals surface area contributed by atoms with Crippen LogP contribution in [0.3, 0.4) is 0 Å². The molecule has 5 nitrogen and oxygen atoms in total. The number of benzene rings is 1. The fraction of sp³-hybridized carbons (Fsp3) is 0.100. The third-order valence-corrected chi connectivity index (χ3v) is 5.00.